The number of carbonyl (C=O) groups is 1. The highest BCUT2D eigenvalue weighted by Gasteiger charge is 2.15. The number of pyridine rings is 1. The van der Waals surface area contributed by atoms with Gasteiger partial charge in [0.2, 0.25) is 5.95 Å². The number of anilines is 3. The van der Waals surface area contributed by atoms with Crippen molar-refractivity contribution in [2.24, 2.45) is 0 Å². The molecule has 166 valence electrons. The molecule has 0 radical (unpaired) electrons. The zero-order valence-corrected chi connectivity index (χ0v) is 18.3. The lowest BCUT2D eigenvalue weighted by Crippen LogP contribution is -2.12. The van der Waals surface area contributed by atoms with Crippen molar-refractivity contribution < 1.29 is 9.32 Å². The second kappa shape index (κ2) is 9.33. The first-order valence-electron chi connectivity index (χ1n) is 10.6. The summed E-state index contributed by atoms with van der Waals surface area (Å²) in [4.78, 5) is 25.8. The first kappa shape index (κ1) is 21.0. The van der Waals surface area contributed by atoms with Crippen molar-refractivity contribution in [3.63, 3.8) is 0 Å². The fourth-order valence-corrected chi connectivity index (χ4v) is 3.36. The highest BCUT2D eigenvalue weighted by atomic mass is 16.5. The van der Waals surface area contributed by atoms with Gasteiger partial charge in [0.05, 0.1) is 5.69 Å². The maximum atomic E-state index is 12.7. The molecule has 0 fully saturated rings. The third-order valence-corrected chi connectivity index (χ3v) is 5.16. The topological polar surface area (TPSA) is 106 Å². The summed E-state index contributed by atoms with van der Waals surface area (Å²) in [7, 11) is 0. The van der Waals surface area contributed by atoms with Gasteiger partial charge in [-0.15, -0.1) is 0 Å². The molecule has 8 nitrogen and oxygen atoms in total. The van der Waals surface area contributed by atoms with Crippen LogP contribution in [-0.2, 0) is 0 Å². The van der Waals surface area contributed by atoms with Gasteiger partial charge in [0.1, 0.15) is 0 Å². The van der Waals surface area contributed by atoms with Gasteiger partial charge in [0.25, 0.3) is 5.91 Å². The lowest BCUT2D eigenvalue weighted by molar-refractivity contribution is 0.101. The summed E-state index contributed by atoms with van der Waals surface area (Å²) in [5.41, 5.74) is 5.05. The van der Waals surface area contributed by atoms with E-state index in [1.54, 1.807) is 24.7 Å². The molecule has 0 saturated heterocycles. The molecule has 0 saturated carbocycles. The molecule has 0 spiro atoms. The van der Waals surface area contributed by atoms with Gasteiger partial charge >= 0.3 is 0 Å². The Morgan fingerprint density at radius 2 is 1.76 bits per heavy atom. The Hall–Kier alpha value is -4.85. The summed E-state index contributed by atoms with van der Waals surface area (Å²) in [5, 5.41) is 10.0. The molecule has 5 aromatic rings. The van der Waals surface area contributed by atoms with Crippen LogP contribution in [0.2, 0.25) is 0 Å². The van der Waals surface area contributed by atoms with Crippen LogP contribution in [0.3, 0.4) is 0 Å². The van der Waals surface area contributed by atoms with Gasteiger partial charge in [0, 0.05) is 47.2 Å². The molecule has 0 aliphatic heterocycles. The van der Waals surface area contributed by atoms with E-state index < -0.39 is 0 Å². The van der Waals surface area contributed by atoms with Crippen molar-refractivity contribution in [3.05, 3.63) is 103 Å². The van der Waals surface area contributed by atoms with Gasteiger partial charge in [0.15, 0.2) is 11.5 Å². The van der Waals surface area contributed by atoms with Crippen molar-refractivity contribution in [1.82, 2.24) is 20.1 Å². The number of aryl methyl sites for hydroxylation is 1. The van der Waals surface area contributed by atoms with E-state index in [9.17, 15) is 4.79 Å². The molecule has 3 aromatic heterocycles. The molecule has 0 bridgehead atoms. The number of nitrogens with one attached hydrogen (secondary N) is 2. The molecular weight excluding hydrogens is 428 g/mol. The highest BCUT2D eigenvalue weighted by molar-refractivity contribution is 6.03. The molecule has 8 heteroatoms. The average Bonchev–Trinajstić information content (AvgIpc) is 3.38. The molecular formula is C26H20N6O2. The van der Waals surface area contributed by atoms with E-state index >= 15 is 0 Å². The Labute approximate surface area is 195 Å². The number of hydrogen-bond acceptors (Lipinski definition) is 7. The number of nitrogens with zero attached hydrogens (tertiary/aromatic N) is 4. The number of hydrogen-bond donors (Lipinski definition) is 2. The van der Waals surface area contributed by atoms with Gasteiger partial charge in [-0.2, -0.15) is 0 Å². The van der Waals surface area contributed by atoms with Gasteiger partial charge in [-0.1, -0.05) is 41.6 Å². The fourth-order valence-electron chi connectivity index (χ4n) is 3.36. The Morgan fingerprint density at radius 1 is 0.912 bits per heavy atom. The van der Waals surface area contributed by atoms with Crippen molar-refractivity contribution >= 4 is 23.2 Å². The van der Waals surface area contributed by atoms with Crippen LogP contribution >= 0.6 is 0 Å². The Morgan fingerprint density at radius 3 is 2.59 bits per heavy atom. The third kappa shape index (κ3) is 4.66. The molecule has 0 unspecified atom stereocenters. The maximum absolute atomic E-state index is 12.7. The van der Waals surface area contributed by atoms with Crippen LogP contribution in [0.15, 0.2) is 95.9 Å². The first-order valence-corrected chi connectivity index (χ1v) is 10.6. The number of rotatable bonds is 6. The molecule has 34 heavy (non-hydrogen) atoms. The van der Waals surface area contributed by atoms with Crippen LogP contribution in [0.1, 0.15) is 16.1 Å². The van der Waals surface area contributed by atoms with Crippen LogP contribution in [0.5, 0.6) is 0 Å². The van der Waals surface area contributed by atoms with Crippen LogP contribution in [0.25, 0.3) is 22.6 Å². The van der Waals surface area contributed by atoms with Gasteiger partial charge in [-0.05, 0) is 42.8 Å². The van der Waals surface area contributed by atoms with E-state index in [-0.39, 0.29) is 11.6 Å². The van der Waals surface area contributed by atoms with Crippen LogP contribution in [-0.4, -0.2) is 26.0 Å². The predicted molar refractivity (Wildman–Crippen MR) is 130 cm³/mol. The summed E-state index contributed by atoms with van der Waals surface area (Å²) in [5.74, 6) is 0.607. The minimum Gasteiger partial charge on any atom is -0.355 e. The quantitative estimate of drug-likeness (QED) is 0.353. The molecule has 0 aliphatic rings. The molecule has 0 atom stereocenters. The largest absolute Gasteiger partial charge is 0.355 e. The lowest BCUT2D eigenvalue weighted by Gasteiger charge is -2.11. The number of carbonyl (C=O) groups excluding carboxylic acids is 1. The van der Waals surface area contributed by atoms with Crippen LogP contribution < -0.4 is 10.6 Å². The molecule has 2 aromatic carbocycles. The highest BCUT2D eigenvalue weighted by Crippen LogP contribution is 2.25. The minimum atomic E-state index is -0.365. The van der Waals surface area contributed by atoms with Gasteiger partial charge in [-0.25, -0.2) is 9.97 Å². The molecule has 3 heterocycles. The van der Waals surface area contributed by atoms with E-state index in [0.29, 0.717) is 17.4 Å². The zero-order chi connectivity index (χ0) is 23.3. The molecule has 0 aliphatic carbocycles. The summed E-state index contributed by atoms with van der Waals surface area (Å²) < 4.78 is 5.33. The smallest absolute Gasteiger partial charge is 0.277 e. The van der Waals surface area contributed by atoms with Gasteiger partial charge < -0.3 is 15.2 Å². The van der Waals surface area contributed by atoms with E-state index in [2.05, 4.69) is 30.7 Å². The van der Waals surface area contributed by atoms with E-state index in [1.165, 1.54) is 0 Å². The minimum absolute atomic E-state index is 0.196. The summed E-state index contributed by atoms with van der Waals surface area (Å²) in [6.45, 7) is 1.96. The summed E-state index contributed by atoms with van der Waals surface area (Å²) >= 11 is 0. The fraction of sp³-hybridized carbons (Fsp3) is 0.0385. The molecule has 5 rings (SSSR count). The number of benzene rings is 2. The van der Waals surface area contributed by atoms with E-state index in [1.807, 2.05) is 73.7 Å². The number of amides is 1. The van der Waals surface area contributed by atoms with Crippen molar-refractivity contribution in [2.45, 2.75) is 6.92 Å². The number of aromatic nitrogens is 4. The Kier molecular flexibility index (Phi) is 5.77. The predicted octanol–water partition coefficient (Wildman–Crippen LogP) is 5.50. The first-order chi connectivity index (χ1) is 16.7. The van der Waals surface area contributed by atoms with Gasteiger partial charge in [-0.3, -0.25) is 9.78 Å². The van der Waals surface area contributed by atoms with E-state index in [4.69, 9.17) is 4.52 Å². The van der Waals surface area contributed by atoms with Crippen molar-refractivity contribution in [2.75, 3.05) is 10.6 Å². The Balaban J connectivity index is 1.33. The normalized spacial score (nSPS) is 10.6. The molecule has 1 amide bonds. The van der Waals surface area contributed by atoms with Crippen LogP contribution in [0.4, 0.5) is 17.3 Å². The monoisotopic (exact) mass is 448 g/mol. The van der Waals surface area contributed by atoms with Crippen LogP contribution in [0, 0.1) is 6.92 Å². The Bertz CT molecular complexity index is 1430. The second-order valence-electron chi connectivity index (χ2n) is 7.56. The van der Waals surface area contributed by atoms with Crippen molar-refractivity contribution in [3.8, 4) is 22.6 Å². The van der Waals surface area contributed by atoms with Crippen molar-refractivity contribution in [1.29, 1.82) is 0 Å². The summed E-state index contributed by atoms with van der Waals surface area (Å²) in [6.07, 6.45) is 5.16. The third-order valence-electron chi connectivity index (χ3n) is 5.16. The second-order valence-corrected chi connectivity index (χ2v) is 7.56. The SMILES string of the molecule is Cc1ccc(NC(=O)c2cc(-c3ccccc3)on2)cc1Nc1nccc(-c2cccnc2)n1. The van der Waals surface area contributed by atoms with E-state index in [0.717, 1.165) is 28.1 Å². The maximum Gasteiger partial charge on any atom is 0.277 e. The zero-order valence-electron chi connectivity index (χ0n) is 18.3. The average molecular weight is 448 g/mol. The standard InChI is InChI=1S/C26H20N6O2/c1-17-9-10-20(29-25(33)23-15-24(34-32-23)18-6-3-2-4-7-18)14-22(17)31-26-28-13-11-21(30-26)19-8-5-12-27-16-19/h2-16H,1H3,(H,29,33)(H,28,30,31). The summed E-state index contributed by atoms with van der Waals surface area (Å²) in [6, 6.07) is 22.3. The lowest BCUT2D eigenvalue weighted by atomic mass is 10.1. The molecule has 2 N–H and O–H groups in total.